The summed E-state index contributed by atoms with van der Waals surface area (Å²) >= 11 is 6.19. The molecule has 2 unspecified atom stereocenters. The van der Waals surface area contributed by atoms with Crippen molar-refractivity contribution in [3.05, 3.63) is 58.4 Å². The molecule has 3 N–H and O–H groups in total. The average molecular weight is 520 g/mol. The molecule has 186 valence electrons. The molecule has 1 fully saturated rings. The summed E-state index contributed by atoms with van der Waals surface area (Å²) in [6.07, 6.45) is -0.881. The first-order chi connectivity index (χ1) is 15.8. The summed E-state index contributed by atoms with van der Waals surface area (Å²) < 4.78 is 67.2. The van der Waals surface area contributed by atoms with E-state index in [9.17, 15) is 36.6 Å². The molecule has 6 nitrogen and oxygen atoms in total. The fraction of sp³-hybridized carbons (Fsp3) is 0.435. The lowest BCUT2D eigenvalue weighted by Gasteiger charge is -2.26. The number of hydrogen-bond donors (Lipinski definition) is 3. The number of aliphatic hydroxyl groups excluding tert-OH is 2. The molecule has 0 spiro atoms. The lowest BCUT2D eigenvalue weighted by Crippen LogP contribution is -2.35. The Hall–Kier alpha value is -2.14. The number of aliphatic hydroxyl groups is 2. The summed E-state index contributed by atoms with van der Waals surface area (Å²) in [5.41, 5.74) is -0.489. The highest BCUT2D eigenvalue weighted by atomic mass is 35.5. The van der Waals surface area contributed by atoms with Crippen LogP contribution in [0.15, 0.2) is 35.2 Å². The first kappa shape index (κ1) is 26.5. The average Bonchev–Trinajstić information content (AvgIpc) is 3.12. The van der Waals surface area contributed by atoms with E-state index in [0.29, 0.717) is 25.0 Å². The van der Waals surface area contributed by atoms with Gasteiger partial charge in [0.25, 0.3) is 5.91 Å². The Morgan fingerprint density at radius 2 is 1.76 bits per heavy atom. The number of halogens is 4. The van der Waals surface area contributed by atoms with Crippen molar-refractivity contribution in [2.45, 2.75) is 55.5 Å². The van der Waals surface area contributed by atoms with Crippen molar-refractivity contribution in [3.63, 3.8) is 0 Å². The molecule has 3 rings (SSSR count). The minimum absolute atomic E-state index is 0.0887. The monoisotopic (exact) mass is 519 g/mol. The summed E-state index contributed by atoms with van der Waals surface area (Å²) in [6, 6.07) is 4.76. The van der Waals surface area contributed by atoms with Gasteiger partial charge in [0.05, 0.1) is 27.4 Å². The van der Waals surface area contributed by atoms with Gasteiger partial charge in [-0.05, 0) is 56.2 Å². The first-order valence-electron chi connectivity index (χ1n) is 10.7. The summed E-state index contributed by atoms with van der Waals surface area (Å²) in [6.45, 7) is 3.20. The molecule has 5 atom stereocenters. The molecule has 0 radical (unpaired) electrons. The minimum Gasteiger partial charge on any atom is -0.391 e. The molecular weight excluding hydrogens is 495 g/mol. The first-order valence-corrected chi connectivity index (χ1v) is 12.6. The number of benzene rings is 2. The third-order valence-corrected chi connectivity index (χ3v) is 9.18. The zero-order chi connectivity index (χ0) is 25.4. The van der Waals surface area contributed by atoms with Gasteiger partial charge in [-0.1, -0.05) is 18.5 Å². The van der Waals surface area contributed by atoms with Gasteiger partial charge in [-0.2, -0.15) is 0 Å². The lowest BCUT2D eigenvalue weighted by atomic mass is 9.96. The number of sulfone groups is 1. The molecule has 0 aromatic heterocycles. The smallest absolute Gasteiger partial charge is 0.255 e. The maximum Gasteiger partial charge on any atom is 0.255 e. The predicted molar refractivity (Wildman–Crippen MR) is 121 cm³/mol. The Bertz CT molecular complexity index is 1170. The van der Waals surface area contributed by atoms with E-state index in [2.05, 4.69) is 5.32 Å². The maximum atomic E-state index is 13.6. The van der Waals surface area contributed by atoms with Crippen LogP contribution in [0.2, 0.25) is 5.02 Å². The topological polar surface area (TPSA) is 104 Å². The Morgan fingerprint density at radius 3 is 2.35 bits per heavy atom. The molecule has 34 heavy (non-hydrogen) atoms. The van der Waals surface area contributed by atoms with Crippen molar-refractivity contribution >= 4 is 33.0 Å². The van der Waals surface area contributed by atoms with Crippen molar-refractivity contribution in [2.75, 3.05) is 5.32 Å². The highest BCUT2D eigenvalue weighted by molar-refractivity contribution is 7.92. The molecule has 2 aromatic carbocycles. The molecule has 0 bridgehead atoms. The maximum absolute atomic E-state index is 13.6. The van der Waals surface area contributed by atoms with Crippen LogP contribution in [-0.4, -0.2) is 42.0 Å². The normalized spacial score (nSPS) is 22.4. The fourth-order valence-electron chi connectivity index (χ4n) is 4.43. The van der Waals surface area contributed by atoms with Crippen LogP contribution in [-0.2, 0) is 9.84 Å². The van der Waals surface area contributed by atoms with E-state index < -0.39 is 56.6 Å². The predicted octanol–water partition coefficient (Wildman–Crippen LogP) is 4.33. The van der Waals surface area contributed by atoms with Crippen molar-refractivity contribution in [3.8, 4) is 0 Å². The van der Waals surface area contributed by atoms with Gasteiger partial charge in [-0.25, -0.2) is 21.6 Å². The molecule has 1 aliphatic rings. The van der Waals surface area contributed by atoms with Gasteiger partial charge in [0, 0.05) is 23.4 Å². The van der Waals surface area contributed by atoms with E-state index in [1.165, 1.54) is 19.1 Å². The van der Waals surface area contributed by atoms with Crippen molar-refractivity contribution < 1.29 is 36.6 Å². The van der Waals surface area contributed by atoms with Gasteiger partial charge in [-0.15, -0.1) is 0 Å². The number of anilines is 1. The standard InChI is InChI=1S/C23H25ClF3NO5S/c1-11-3-4-13(7-19(30)12(2)29)22(11)34(32,33)20-8-14(5-6-16(20)24)23(31)28-15-9-17(25)21(27)18(26)10-15/h5-6,8-13,19,22,29-30H,3-4,7H2,1-2H3,(H,28,31)/t11?,12?,13-,19-,22-/m0/s1. The zero-order valence-corrected chi connectivity index (χ0v) is 20.0. The second-order valence-electron chi connectivity index (χ2n) is 8.72. The van der Waals surface area contributed by atoms with Gasteiger partial charge in [0.2, 0.25) is 0 Å². The molecule has 1 aliphatic carbocycles. The second kappa shape index (κ2) is 10.2. The van der Waals surface area contributed by atoms with Crippen LogP contribution in [0.1, 0.15) is 43.5 Å². The van der Waals surface area contributed by atoms with E-state index in [1.54, 1.807) is 6.92 Å². The summed E-state index contributed by atoms with van der Waals surface area (Å²) in [4.78, 5) is 12.4. The van der Waals surface area contributed by atoms with Gasteiger partial charge in [0.15, 0.2) is 27.3 Å². The summed E-state index contributed by atoms with van der Waals surface area (Å²) in [5, 5.41) is 20.9. The Balaban J connectivity index is 1.92. The van der Waals surface area contributed by atoms with E-state index in [-0.39, 0.29) is 33.5 Å². The molecular formula is C23H25ClF3NO5S. The third kappa shape index (κ3) is 5.40. The van der Waals surface area contributed by atoms with E-state index in [4.69, 9.17) is 11.6 Å². The number of hydrogen-bond acceptors (Lipinski definition) is 5. The van der Waals surface area contributed by atoms with Gasteiger partial charge < -0.3 is 15.5 Å². The Labute approximate surface area is 200 Å². The van der Waals surface area contributed by atoms with Crippen molar-refractivity contribution in [1.29, 1.82) is 0 Å². The Morgan fingerprint density at radius 1 is 1.15 bits per heavy atom. The third-order valence-electron chi connectivity index (χ3n) is 6.22. The second-order valence-corrected chi connectivity index (χ2v) is 11.2. The minimum atomic E-state index is -4.06. The van der Waals surface area contributed by atoms with Gasteiger partial charge >= 0.3 is 0 Å². The zero-order valence-electron chi connectivity index (χ0n) is 18.4. The van der Waals surface area contributed by atoms with Crippen LogP contribution in [0.5, 0.6) is 0 Å². The van der Waals surface area contributed by atoms with Gasteiger partial charge in [0.1, 0.15) is 0 Å². The van der Waals surface area contributed by atoms with Crippen LogP contribution >= 0.6 is 11.6 Å². The molecule has 1 amide bonds. The molecule has 11 heteroatoms. The number of carbonyl (C=O) groups excluding carboxylic acids is 1. The van der Waals surface area contributed by atoms with Crippen LogP contribution in [0.25, 0.3) is 0 Å². The Kier molecular flexibility index (Phi) is 7.96. The summed E-state index contributed by atoms with van der Waals surface area (Å²) in [7, 11) is -4.06. The van der Waals surface area contributed by atoms with Crippen LogP contribution in [0, 0.1) is 29.3 Å². The molecule has 0 heterocycles. The van der Waals surface area contributed by atoms with E-state index in [1.807, 2.05) is 0 Å². The molecule has 0 aliphatic heterocycles. The van der Waals surface area contributed by atoms with Crippen LogP contribution in [0.4, 0.5) is 18.9 Å². The number of rotatable bonds is 7. The van der Waals surface area contributed by atoms with Crippen LogP contribution < -0.4 is 5.32 Å². The SMILES string of the molecule is CC(O)[C@@H](O)C[C@@H]1CCC(C)[C@@H]1S(=O)(=O)c1cc(C(=O)Nc2cc(F)c(F)c(F)c2)ccc1Cl. The van der Waals surface area contributed by atoms with E-state index >= 15 is 0 Å². The molecule has 1 saturated carbocycles. The highest BCUT2D eigenvalue weighted by Gasteiger charge is 2.44. The van der Waals surface area contributed by atoms with Gasteiger partial charge in [-0.3, -0.25) is 4.79 Å². The van der Waals surface area contributed by atoms with E-state index in [0.717, 1.165) is 6.07 Å². The van der Waals surface area contributed by atoms with Crippen LogP contribution in [0.3, 0.4) is 0 Å². The fourth-order valence-corrected chi connectivity index (χ4v) is 7.29. The van der Waals surface area contributed by atoms with Crippen molar-refractivity contribution in [2.24, 2.45) is 11.8 Å². The molecule has 0 saturated heterocycles. The summed E-state index contributed by atoms with van der Waals surface area (Å²) in [5.74, 6) is -6.22. The lowest BCUT2D eigenvalue weighted by molar-refractivity contribution is 0.0164. The largest absolute Gasteiger partial charge is 0.391 e. The molecule has 2 aromatic rings. The number of carbonyl (C=O) groups is 1. The quantitative estimate of drug-likeness (QED) is 0.472. The number of amides is 1. The number of nitrogens with one attached hydrogen (secondary N) is 1. The highest BCUT2D eigenvalue weighted by Crippen LogP contribution is 2.42. The van der Waals surface area contributed by atoms with Crippen molar-refractivity contribution in [1.82, 2.24) is 0 Å².